The van der Waals surface area contributed by atoms with E-state index >= 15 is 0 Å². The number of aliphatic imine (C=N–C) groups is 1. The van der Waals surface area contributed by atoms with Crippen molar-refractivity contribution in [3.63, 3.8) is 0 Å². The second-order valence-electron chi connectivity index (χ2n) is 1.47. The van der Waals surface area contributed by atoms with Crippen molar-refractivity contribution in [1.82, 2.24) is 0 Å². The van der Waals surface area contributed by atoms with E-state index in [2.05, 4.69) is 4.99 Å². The molecule has 0 atom stereocenters. The molecule has 0 spiro atoms. The van der Waals surface area contributed by atoms with Gasteiger partial charge in [0, 0.05) is 7.05 Å². The maximum Gasteiger partial charge on any atom is 0.153 e. The van der Waals surface area contributed by atoms with E-state index in [0.717, 1.165) is 0 Å². The zero-order valence-electron chi connectivity index (χ0n) is 5.59. The summed E-state index contributed by atoms with van der Waals surface area (Å²) < 4.78 is 0. The first-order valence-corrected chi connectivity index (χ1v) is 2.60. The van der Waals surface area contributed by atoms with Crippen LogP contribution < -0.4 is 5.73 Å². The average Bonchev–Trinajstić information content (AvgIpc) is 1.90. The van der Waals surface area contributed by atoms with E-state index in [1.165, 1.54) is 0 Å². The molecule has 0 saturated carbocycles. The van der Waals surface area contributed by atoms with Crippen LogP contribution in [0.15, 0.2) is 16.6 Å². The summed E-state index contributed by atoms with van der Waals surface area (Å²) in [7, 11) is 1.54. The summed E-state index contributed by atoms with van der Waals surface area (Å²) in [6.45, 7) is 1.74. The summed E-state index contributed by atoms with van der Waals surface area (Å²) >= 11 is 0. The fourth-order valence-corrected chi connectivity index (χ4v) is 0.405. The number of carbonyl (C=O) groups is 1. The zero-order chi connectivity index (χ0) is 7.28. The van der Waals surface area contributed by atoms with Gasteiger partial charge in [-0.1, -0.05) is 6.08 Å². The predicted octanol–water partition coefficient (Wildman–Crippen LogP) is 0.119. The van der Waals surface area contributed by atoms with Crippen LogP contribution in [0.25, 0.3) is 0 Å². The number of nitrogens with zero attached hydrogens (tertiary/aromatic N) is 1. The van der Waals surface area contributed by atoms with Gasteiger partial charge in [0.25, 0.3) is 0 Å². The van der Waals surface area contributed by atoms with Crippen LogP contribution in [0.5, 0.6) is 0 Å². The molecular weight excluding hydrogens is 116 g/mol. The van der Waals surface area contributed by atoms with Crippen molar-refractivity contribution >= 4 is 12.1 Å². The highest BCUT2D eigenvalue weighted by molar-refractivity contribution is 6.12. The minimum atomic E-state index is 0.285. The Morgan fingerprint density at radius 2 is 2.22 bits per heavy atom. The molecule has 0 aliphatic rings. The van der Waals surface area contributed by atoms with Crippen LogP contribution in [0.1, 0.15) is 6.92 Å². The molecule has 0 radical (unpaired) electrons. The quantitative estimate of drug-likeness (QED) is 0.247. The van der Waals surface area contributed by atoms with E-state index in [1.54, 1.807) is 20.0 Å². The van der Waals surface area contributed by atoms with Crippen LogP contribution in [-0.2, 0) is 4.79 Å². The first kappa shape index (κ1) is 7.88. The van der Waals surface area contributed by atoms with Gasteiger partial charge in [0.15, 0.2) is 6.29 Å². The lowest BCUT2D eigenvalue weighted by Gasteiger charge is -1.92. The first-order chi connectivity index (χ1) is 4.26. The highest BCUT2D eigenvalue weighted by atomic mass is 16.1. The smallest absolute Gasteiger partial charge is 0.153 e. The third-order valence-electron chi connectivity index (χ3n) is 0.975. The van der Waals surface area contributed by atoms with Crippen LogP contribution >= 0.6 is 0 Å². The molecule has 0 amide bonds. The van der Waals surface area contributed by atoms with Gasteiger partial charge in [-0.05, 0) is 6.92 Å². The monoisotopic (exact) mass is 126 g/mol. The molecule has 0 aromatic heterocycles. The minimum Gasteiger partial charge on any atom is -0.383 e. The molecule has 3 nitrogen and oxygen atoms in total. The Hall–Kier alpha value is -1.12. The van der Waals surface area contributed by atoms with Gasteiger partial charge < -0.3 is 5.73 Å². The van der Waals surface area contributed by atoms with Crippen molar-refractivity contribution in [2.45, 2.75) is 6.92 Å². The summed E-state index contributed by atoms with van der Waals surface area (Å²) in [6, 6.07) is 0. The van der Waals surface area contributed by atoms with Gasteiger partial charge >= 0.3 is 0 Å². The normalized spacial score (nSPS) is 13.6. The second kappa shape index (κ2) is 3.83. The van der Waals surface area contributed by atoms with E-state index in [1.807, 2.05) is 0 Å². The molecule has 2 N–H and O–H groups in total. The minimum absolute atomic E-state index is 0.285. The molecule has 0 fully saturated rings. The van der Waals surface area contributed by atoms with Crippen LogP contribution in [0, 0.1) is 0 Å². The maximum absolute atomic E-state index is 10.1. The summed E-state index contributed by atoms with van der Waals surface area (Å²) in [5.74, 6) is 0.285. The fourth-order valence-electron chi connectivity index (χ4n) is 0.405. The highest BCUT2D eigenvalue weighted by Gasteiger charge is 1.94. The van der Waals surface area contributed by atoms with Crippen molar-refractivity contribution in [3.8, 4) is 0 Å². The van der Waals surface area contributed by atoms with Gasteiger partial charge in [-0.25, -0.2) is 0 Å². The Labute approximate surface area is 54.3 Å². The second-order valence-corrected chi connectivity index (χ2v) is 1.47. The molecule has 0 aliphatic heterocycles. The number of nitrogens with two attached hydrogens (primary N) is 1. The fraction of sp³-hybridized carbons (Fsp3) is 0.333. The molecule has 0 rings (SSSR count). The van der Waals surface area contributed by atoms with Gasteiger partial charge in [0.2, 0.25) is 0 Å². The summed E-state index contributed by atoms with van der Waals surface area (Å²) in [5, 5.41) is 0. The Morgan fingerprint density at radius 3 is 2.33 bits per heavy atom. The molecular formula is C6H10N2O. The molecule has 0 aliphatic carbocycles. The van der Waals surface area contributed by atoms with Gasteiger partial charge in [-0.15, -0.1) is 0 Å². The molecule has 0 bridgehead atoms. The number of aldehydes is 1. The number of hydrogen-bond donors (Lipinski definition) is 1. The highest BCUT2D eigenvalue weighted by Crippen LogP contribution is 1.86. The SMILES string of the molecule is C/C=C(/C=O)C(N)=NC. The van der Waals surface area contributed by atoms with Crippen LogP contribution in [-0.4, -0.2) is 19.2 Å². The number of amidine groups is 1. The Bertz CT molecular complexity index is 158. The lowest BCUT2D eigenvalue weighted by atomic mass is 10.2. The van der Waals surface area contributed by atoms with Gasteiger partial charge in [-0.2, -0.15) is 0 Å². The molecule has 0 saturated heterocycles. The largest absolute Gasteiger partial charge is 0.383 e. The lowest BCUT2D eigenvalue weighted by molar-refractivity contribution is -0.104. The first-order valence-electron chi connectivity index (χ1n) is 2.60. The molecule has 50 valence electrons. The molecule has 0 heterocycles. The van der Waals surface area contributed by atoms with Crippen molar-refractivity contribution in [2.75, 3.05) is 7.05 Å². The zero-order valence-corrected chi connectivity index (χ0v) is 5.59. The van der Waals surface area contributed by atoms with E-state index in [0.29, 0.717) is 11.9 Å². The Balaban J connectivity index is 4.32. The van der Waals surface area contributed by atoms with Crippen molar-refractivity contribution < 1.29 is 4.79 Å². The molecule has 0 unspecified atom stereocenters. The van der Waals surface area contributed by atoms with Crippen molar-refractivity contribution in [2.24, 2.45) is 10.7 Å². The lowest BCUT2D eigenvalue weighted by Crippen LogP contribution is -2.15. The summed E-state index contributed by atoms with van der Waals surface area (Å²) in [5.41, 5.74) is 5.73. The van der Waals surface area contributed by atoms with Crippen molar-refractivity contribution in [3.05, 3.63) is 11.6 Å². The summed E-state index contributed by atoms with van der Waals surface area (Å²) in [6.07, 6.45) is 2.30. The van der Waals surface area contributed by atoms with E-state index in [9.17, 15) is 4.79 Å². The van der Waals surface area contributed by atoms with Crippen molar-refractivity contribution in [1.29, 1.82) is 0 Å². The predicted molar refractivity (Wildman–Crippen MR) is 37.4 cm³/mol. The molecule has 9 heavy (non-hydrogen) atoms. The van der Waals surface area contributed by atoms with Gasteiger partial charge in [-0.3, -0.25) is 9.79 Å². The average molecular weight is 126 g/mol. The van der Waals surface area contributed by atoms with Crippen LogP contribution in [0.3, 0.4) is 0 Å². The third-order valence-corrected chi connectivity index (χ3v) is 0.975. The van der Waals surface area contributed by atoms with E-state index in [-0.39, 0.29) is 5.84 Å². The molecule has 0 aromatic rings. The molecule has 3 heteroatoms. The standard InChI is InChI=1S/C6H10N2O/c1-3-5(4-9)6(7)8-2/h3-4H,1-2H3,(H2,7,8)/b5-3-. The van der Waals surface area contributed by atoms with E-state index in [4.69, 9.17) is 5.73 Å². The topological polar surface area (TPSA) is 55.5 Å². The number of allylic oxidation sites excluding steroid dienone is 1. The third kappa shape index (κ3) is 2.08. The Kier molecular flexibility index (Phi) is 3.35. The van der Waals surface area contributed by atoms with Crippen LogP contribution in [0.4, 0.5) is 0 Å². The van der Waals surface area contributed by atoms with Gasteiger partial charge in [0.1, 0.15) is 5.84 Å². The van der Waals surface area contributed by atoms with E-state index < -0.39 is 0 Å². The maximum atomic E-state index is 10.1. The number of carbonyl (C=O) groups excluding carboxylic acids is 1. The van der Waals surface area contributed by atoms with Crippen LogP contribution in [0.2, 0.25) is 0 Å². The number of hydrogen-bond acceptors (Lipinski definition) is 2. The molecule has 0 aromatic carbocycles. The summed E-state index contributed by atoms with van der Waals surface area (Å²) in [4.78, 5) is 13.7. The van der Waals surface area contributed by atoms with Gasteiger partial charge in [0.05, 0.1) is 5.57 Å². The Morgan fingerprint density at radius 1 is 1.67 bits per heavy atom. The number of rotatable bonds is 2.